The molecule has 0 aromatic heterocycles. The van der Waals surface area contributed by atoms with Crippen molar-refractivity contribution in [2.75, 3.05) is 14.2 Å². The second-order valence-electron chi connectivity index (χ2n) is 11.5. The summed E-state index contributed by atoms with van der Waals surface area (Å²) in [5, 5.41) is 0. The number of ether oxygens (including phenoxy) is 2. The lowest BCUT2D eigenvalue weighted by molar-refractivity contribution is -0.273. The van der Waals surface area contributed by atoms with Crippen LogP contribution in [0.5, 0.6) is 0 Å². The van der Waals surface area contributed by atoms with Gasteiger partial charge in [-0.1, -0.05) is 13.3 Å². The minimum atomic E-state index is -0.309. The fourth-order valence-corrected chi connectivity index (χ4v) is 13.5. The van der Waals surface area contributed by atoms with Gasteiger partial charge in [-0.2, -0.15) is 0 Å². The van der Waals surface area contributed by atoms with Gasteiger partial charge >= 0.3 is 5.97 Å². The zero-order chi connectivity index (χ0) is 17.4. The molecule has 26 heavy (non-hydrogen) atoms. The van der Waals surface area contributed by atoms with Crippen LogP contribution in [-0.2, 0) is 14.3 Å². The molecular formula is C23H30O3. The first-order valence-electron chi connectivity index (χ1n) is 11.3. The van der Waals surface area contributed by atoms with Crippen molar-refractivity contribution < 1.29 is 14.3 Å². The minimum absolute atomic E-state index is 0.134. The highest BCUT2D eigenvalue weighted by atomic mass is 16.5. The van der Waals surface area contributed by atoms with Gasteiger partial charge in [0, 0.05) is 12.5 Å². The number of carbonyl (C=O) groups is 1. The van der Waals surface area contributed by atoms with Crippen LogP contribution in [0.15, 0.2) is 0 Å². The van der Waals surface area contributed by atoms with E-state index in [4.69, 9.17) is 9.47 Å². The molecule has 9 rings (SSSR count). The van der Waals surface area contributed by atoms with Crippen LogP contribution in [0.3, 0.4) is 0 Å². The Hall–Kier alpha value is -0.570. The van der Waals surface area contributed by atoms with Crippen LogP contribution in [0, 0.1) is 75.9 Å². The van der Waals surface area contributed by atoms with Gasteiger partial charge in [-0.15, -0.1) is 0 Å². The lowest BCUT2D eigenvalue weighted by Crippen LogP contribution is -2.73. The number of methoxy groups -OCH3 is 2. The second-order valence-corrected chi connectivity index (χ2v) is 11.5. The molecule has 3 heteroatoms. The molecule has 3 nitrogen and oxygen atoms in total. The predicted molar refractivity (Wildman–Crippen MR) is 93.8 cm³/mol. The van der Waals surface area contributed by atoms with Crippen LogP contribution in [-0.4, -0.2) is 25.8 Å². The molecular weight excluding hydrogens is 324 g/mol. The highest BCUT2D eigenvalue weighted by molar-refractivity contribution is 5.83. The number of rotatable bonds is 2. The summed E-state index contributed by atoms with van der Waals surface area (Å²) in [5.41, 5.74) is -0.300. The molecule has 9 bridgehead atoms. The van der Waals surface area contributed by atoms with E-state index in [9.17, 15) is 4.79 Å². The Labute approximate surface area is 155 Å². The van der Waals surface area contributed by atoms with Gasteiger partial charge in [0.25, 0.3) is 0 Å². The summed E-state index contributed by atoms with van der Waals surface area (Å²) in [6, 6.07) is 0. The van der Waals surface area contributed by atoms with E-state index in [2.05, 4.69) is 6.92 Å². The predicted octanol–water partition coefficient (Wildman–Crippen LogP) is 3.37. The van der Waals surface area contributed by atoms with Gasteiger partial charge in [0.1, 0.15) is 5.41 Å². The van der Waals surface area contributed by atoms with Gasteiger partial charge in [-0.05, 0) is 90.8 Å². The topological polar surface area (TPSA) is 35.5 Å². The van der Waals surface area contributed by atoms with E-state index in [0.717, 1.165) is 47.3 Å². The maximum Gasteiger partial charge on any atom is 0.315 e. The van der Waals surface area contributed by atoms with Crippen LogP contribution >= 0.6 is 0 Å². The Morgan fingerprint density at radius 2 is 1.54 bits per heavy atom. The van der Waals surface area contributed by atoms with Crippen molar-refractivity contribution in [3.05, 3.63) is 0 Å². The molecule has 0 heterocycles. The zero-order valence-electron chi connectivity index (χ0n) is 16.1. The molecule has 0 aromatic carbocycles. The van der Waals surface area contributed by atoms with Gasteiger partial charge in [0.2, 0.25) is 0 Å². The lowest BCUT2D eigenvalue weighted by atomic mass is 9.42. The van der Waals surface area contributed by atoms with E-state index in [0.29, 0.717) is 17.8 Å². The summed E-state index contributed by atoms with van der Waals surface area (Å²) in [4.78, 5) is 13.8. The molecule has 0 saturated heterocycles. The Balaban J connectivity index is 1.54. The molecule has 0 amide bonds. The second kappa shape index (κ2) is 3.67. The van der Waals surface area contributed by atoms with Crippen molar-refractivity contribution >= 4 is 5.97 Å². The molecule has 9 aliphatic carbocycles. The first-order valence-corrected chi connectivity index (χ1v) is 11.3. The van der Waals surface area contributed by atoms with Crippen LogP contribution in [0.1, 0.15) is 39.0 Å². The largest absolute Gasteiger partial charge is 0.468 e. The first kappa shape index (κ1) is 14.4. The molecule has 9 fully saturated rings. The van der Waals surface area contributed by atoms with E-state index < -0.39 is 0 Å². The van der Waals surface area contributed by atoms with Crippen molar-refractivity contribution in [2.24, 2.45) is 75.9 Å². The van der Waals surface area contributed by atoms with Gasteiger partial charge in [-0.25, -0.2) is 0 Å². The third-order valence-electron chi connectivity index (χ3n) is 12.5. The molecule has 0 spiro atoms. The van der Waals surface area contributed by atoms with Crippen molar-refractivity contribution in [2.45, 2.75) is 44.6 Å². The third-order valence-corrected chi connectivity index (χ3v) is 12.5. The van der Waals surface area contributed by atoms with Crippen LogP contribution < -0.4 is 0 Å². The smallest absolute Gasteiger partial charge is 0.315 e. The van der Waals surface area contributed by atoms with Gasteiger partial charge < -0.3 is 9.47 Å². The van der Waals surface area contributed by atoms with E-state index in [-0.39, 0.29) is 22.4 Å². The molecule has 0 radical (unpaired) electrons. The number of fused-ring (bicyclic) bond motifs is 1. The minimum Gasteiger partial charge on any atom is -0.468 e. The van der Waals surface area contributed by atoms with Crippen LogP contribution in [0.25, 0.3) is 0 Å². The number of carbonyl (C=O) groups excluding carboxylic acids is 1. The zero-order valence-corrected chi connectivity index (χ0v) is 16.1. The quantitative estimate of drug-likeness (QED) is 0.713. The standard InChI is InChI=1S/C23H30O3/c1-21-16-9-5-4-6-10(9)17-14(16)15-18-11-7-8-12(13(11)19(15)21)23(21,26-3)22(17,18)20(24)25-2/h9-19H,4-8H2,1-3H3/t9-,10+,11-,12-,13-,14-,15+,16-,17-,18+,19+,21-,22-,23+/m1/s1. The van der Waals surface area contributed by atoms with E-state index in [1.807, 2.05) is 7.11 Å². The normalized spacial score (nSPS) is 74.3. The van der Waals surface area contributed by atoms with Crippen LogP contribution in [0.2, 0.25) is 0 Å². The molecule has 140 valence electrons. The van der Waals surface area contributed by atoms with Gasteiger partial charge in [0.15, 0.2) is 0 Å². The lowest BCUT2D eigenvalue weighted by Gasteiger charge is -2.64. The summed E-state index contributed by atoms with van der Waals surface area (Å²) in [5.74, 6) is 8.56. The fraction of sp³-hybridized carbons (Fsp3) is 0.957. The first-order chi connectivity index (χ1) is 12.6. The summed E-state index contributed by atoms with van der Waals surface area (Å²) < 4.78 is 12.5. The Kier molecular flexibility index (Phi) is 2.04. The highest BCUT2D eigenvalue weighted by Crippen LogP contribution is 2.99. The average Bonchev–Trinajstić information content (AvgIpc) is 3.39. The van der Waals surface area contributed by atoms with Crippen molar-refractivity contribution in [1.82, 2.24) is 0 Å². The highest BCUT2D eigenvalue weighted by Gasteiger charge is 3.01. The van der Waals surface area contributed by atoms with Gasteiger partial charge in [0.05, 0.1) is 12.7 Å². The monoisotopic (exact) mass is 354 g/mol. The SMILES string of the molecule is COC(=O)[C@]12[C@@H]3[C@H]4CCC[C@H]4[C@@H]4[C@H]3[C@@H]3[C@@H]5[C@@H]6[C@@H](CC[C@H]6[C@]1(OC)[C@@]54C)[C@@H]32. The van der Waals surface area contributed by atoms with Gasteiger partial charge in [-0.3, -0.25) is 4.79 Å². The number of hydrogen-bond donors (Lipinski definition) is 0. The van der Waals surface area contributed by atoms with Crippen molar-refractivity contribution in [1.29, 1.82) is 0 Å². The Morgan fingerprint density at radius 3 is 2.27 bits per heavy atom. The summed E-state index contributed by atoms with van der Waals surface area (Å²) in [7, 11) is 3.62. The Morgan fingerprint density at radius 1 is 0.846 bits per heavy atom. The molecule has 9 aliphatic rings. The number of hydrogen-bond acceptors (Lipinski definition) is 3. The fourth-order valence-electron chi connectivity index (χ4n) is 13.5. The van der Waals surface area contributed by atoms with Crippen LogP contribution in [0.4, 0.5) is 0 Å². The summed E-state index contributed by atoms with van der Waals surface area (Å²) in [6.07, 6.45) is 6.82. The average molecular weight is 354 g/mol. The molecule has 0 N–H and O–H groups in total. The van der Waals surface area contributed by atoms with E-state index >= 15 is 0 Å². The Bertz CT molecular complexity index is 777. The maximum atomic E-state index is 13.8. The third kappa shape index (κ3) is 0.855. The molecule has 0 aliphatic heterocycles. The summed E-state index contributed by atoms with van der Waals surface area (Å²) in [6.45, 7) is 2.60. The molecule has 0 aromatic rings. The molecule has 14 atom stereocenters. The van der Waals surface area contributed by atoms with E-state index in [1.165, 1.54) is 32.1 Å². The summed E-state index contributed by atoms with van der Waals surface area (Å²) >= 11 is 0. The molecule has 0 unspecified atom stereocenters. The van der Waals surface area contributed by atoms with Crippen molar-refractivity contribution in [3.8, 4) is 0 Å². The van der Waals surface area contributed by atoms with Crippen molar-refractivity contribution in [3.63, 3.8) is 0 Å². The van der Waals surface area contributed by atoms with E-state index in [1.54, 1.807) is 7.11 Å². The maximum absolute atomic E-state index is 13.8. The molecule has 9 saturated carbocycles. The number of esters is 1.